The molecule has 0 bridgehead atoms. The largest absolute Gasteiger partial charge is 0.416 e. The molecule has 2 rings (SSSR count). The van der Waals surface area contributed by atoms with Crippen molar-refractivity contribution in [2.45, 2.75) is 6.18 Å². The minimum absolute atomic E-state index is 0.208. The number of nitrogens with zero attached hydrogens (tertiary/aromatic N) is 1. The molecule has 21 heavy (non-hydrogen) atoms. The highest BCUT2D eigenvalue weighted by atomic mass is 32.2. The molecule has 0 N–H and O–H groups in total. The standard InChI is InChI=1S/C13H12F3NO3S/c14-13(15,16)12-3-1-11(2-4-12)5-10-21(18,19)17-6-8-20-9-7-17/h1-4H,6-9H2. The number of hydrogen-bond donors (Lipinski definition) is 0. The first-order chi connectivity index (χ1) is 9.79. The molecule has 1 aliphatic heterocycles. The highest BCUT2D eigenvalue weighted by Crippen LogP contribution is 2.28. The molecular weight excluding hydrogens is 307 g/mol. The Labute approximate surface area is 120 Å². The molecule has 1 aromatic carbocycles. The summed E-state index contributed by atoms with van der Waals surface area (Å²) in [6.45, 7) is 1.07. The second-order valence-electron chi connectivity index (χ2n) is 4.32. The number of rotatable bonds is 1. The molecular formula is C13H12F3NO3S. The van der Waals surface area contributed by atoms with Crippen LogP contribution >= 0.6 is 0 Å². The van der Waals surface area contributed by atoms with Crippen LogP contribution in [0.5, 0.6) is 0 Å². The number of benzene rings is 1. The molecule has 1 aliphatic rings. The van der Waals surface area contributed by atoms with Crippen LogP contribution in [-0.4, -0.2) is 39.0 Å². The average Bonchev–Trinajstić information content (AvgIpc) is 2.46. The Balaban J connectivity index is 2.15. The first-order valence-electron chi connectivity index (χ1n) is 6.07. The molecule has 4 nitrogen and oxygen atoms in total. The van der Waals surface area contributed by atoms with E-state index in [2.05, 4.69) is 11.2 Å². The van der Waals surface area contributed by atoms with Gasteiger partial charge >= 0.3 is 6.18 Å². The maximum absolute atomic E-state index is 12.4. The van der Waals surface area contributed by atoms with Crippen LogP contribution in [0.1, 0.15) is 11.1 Å². The zero-order chi connectivity index (χ0) is 15.5. The molecule has 0 aromatic heterocycles. The minimum Gasteiger partial charge on any atom is -0.379 e. The van der Waals surface area contributed by atoms with Gasteiger partial charge in [0, 0.05) is 23.9 Å². The second kappa shape index (κ2) is 6.05. The summed E-state index contributed by atoms with van der Waals surface area (Å²) < 4.78 is 67.2. The van der Waals surface area contributed by atoms with Crippen molar-refractivity contribution in [3.8, 4) is 11.2 Å². The van der Waals surface area contributed by atoms with E-state index in [1.165, 1.54) is 4.31 Å². The monoisotopic (exact) mass is 319 g/mol. The van der Waals surface area contributed by atoms with Crippen LogP contribution in [0.2, 0.25) is 0 Å². The maximum atomic E-state index is 12.4. The normalized spacial score (nSPS) is 17.1. The summed E-state index contributed by atoms with van der Waals surface area (Å²) in [4.78, 5) is 0. The van der Waals surface area contributed by atoms with E-state index in [1.807, 2.05) is 0 Å². The van der Waals surface area contributed by atoms with E-state index >= 15 is 0 Å². The Morgan fingerprint density at radius 3 is 2.19 bits per heavy atom. The molecule has 1 heterocycles. The molecule has 0 aliphatic carbocycles. The van der Waals surface area contributed by atoms with Crippen molar-refractivity contribution < 1.29 is 26.3 Å². The number of halogens is 3. The molecule has 0 atom stereocenters. The van der Waals surface area contributed by atoms with Crippen molar-refractivity contribution in [3.05, 3.63) is 35.4 Å². The molecule has 1 saturated heterocycles. The smallest absolute Gasteiger partial charge is 0.379 e. The first kappa shape index (κ1) is 15.8. The average molecular weight is 319 g/mol. The molecule has 0 saturated carbocycles. The van der Waals surface area contributed by atoms with E-state index in [-0.39, 0.29) is 18.7 Å². The molecule has 114 valence electrons. The fourth-order valence-electron chi connectivity index (χ4n) is 1.72. The second-order valence-corrected chi connectivity index (χ2v) is 5.99. The minimum atomic E-state index is -4.42. The van der Waals surface area contributed by atoms with Crippen molar-refractivity contribution in [2.24, 2.45) is 0 Å². The summed E-state index contributed by atoms with van der Waals surface area (Å²) in [5.74, 6) is 2.37. The fourth-order valence-corrected chi connectivity index (χ4v) is 2.72. The van der Waals surface area contributed by atoms with Crippen LogP contribution in [-0.2, 0) is 20.9 Å². The SMILES string of the molecule is O=S(=O)(C#Cc1ccc(C(F)(F)F)cc1)N1CCOCC1. The van der Waals surface area contributed by atoms with Crippen LogP contribution < -0.4 is 0 Å². The fraction of sp³-hybridized carbons (Fsp3) is 0.385. The highest BCUT2D eigenvalue weighted by molar-refractivity contribution is 7.93. The van der Waals surface area contributed by atoms with Crippen molar-refractivity contribution in [3.63, 3.8) is 0 Å². The van der Waals surface area contributed by atoms with E-state index in [9.17, 15) is 21.6 Å². The number of alkyl halides is 3. The third-order valence-corrected chi connectivity index (χ3v) is 4.25. The van der Waals surface area contributed by atoms with Crippen molar-refractivity contribution >= 4 is 10.0 Å². The van der Waals surface area contributed by atoms with Crippen LogP contribution in [0.3, 0.4) is 0 Å². The van der Waals surface area contributed by atoms with Gasteiger partial charge in [-0.1, -0.05) is 0 Å². The van der Waals surface area contributed by atoms with Gasteiger partial charge < -0.3 is 4.74 Å². The summed E-state index contributed by atoms with van der Waals surface area (Å²) in [6.07, 6.45) is -4.42. The Kier molecular flexibility index (Phi) is 4.56. The van der Waals surface area contributed by atoms with Crippen LogP contribution in [0.4, 0.5) is 13.2 Å². The Hall–Kier alpha value is -1.56. The van der Waals surface area contributed by atoms with Gasteiger partial charge in [0.1, 0.15) is 0 Å². The molecule has 0 amide bonds. The first-order valence-corrected chi connectivity index (χ1v) is 7.51. The Morgan fingerprint density at radius 1 is 1.10 bits per heavy atom. The topological polar surface area (TPSA) is 46.6 Å². The molecule has 0 radical (unpaired) electrons. The molecule has 1 aromatic rings. The van der Waals surface area contributed by atoms with Crippen LogP contribution in [0.15, 0.2) is 24.3 Å². The summed E-state index contributed by atoms with van der Waals surface area (Å²) in [5, 5.41) is 2.11. The zero-order valence-corrected chi connectivity index (χ0v) is 11.7. The predicted octanol–water partition coefficient (Wildman–Crippen LogP) is 1.68. The summed E-state index contributed by atoms with van der Waals surface area (Å²) in [5.41, 5.74) is -0.594. The number of hydrogen-bond acceptors (Lipinski definition) is 3. The quantitative estimate of drug-likeness (QED) is 0.740. The molecule has 8 heteroatoms. The van der Waals surface area contributed by atoms with Gasteiger partial charge in [-0.3, -0.25) is 0 Å². The van der Waals surface area contributed by atoms with Crippen LogP contribution in [0.25, 0.3) is 0 Å². The van der Waals surface area contributed by atoms with Crippen molar-refractivity contribution in [1.82, 2.24) is 4.31 Å². The van der Waals surface area contributed by atoms with Gasteiger partial charge in [-0.2, -0.15) is 25.9 Å². The summed E-state index contributed by atoms with van der Waals surface area (Å²) in [6, 6.07) is 4.02. The third kappa shape index (κ3) is 4.20. The maximum Gasteiger partial charge on any atom is 0.416 e. The van der Waals surface area contributed by atoms with Gasteiger partial charge in [0.05, 0.1) is 18.8 Å². The lowest BCUT2D eigenvalue weighted by Gasteiger charge is -2.23. The van der Waals surface area contributed by atoms with Gasteiger partial charge in [-0.15, -0.1) is 0 Å². The lowest BCUT2D eigenvalue weighted by atomic mass is 10.1. The van der Waals surface area contributed by atoms with E-state index in [0.717, 1.165) is 24.3 Å². The number of ether oxygens (including phenoxy) is 1. The number of morpholine rings is 1. The molecule has 0 spiro atoms. The predicted molar refractivity (Wildman–Crippen MR) is 69.6 cm³/mol. The highest BCUT2D eigenvalue weighted by Gasteiger charge is 2.29. The zero-order valence-electron chi connectivity index (χ0n) is 10.9. The third-order valence-electron chi connectivity index (χ3n) is 2.85. The van der Waals surface area contributed by atoms with Gasteiger partial charge in [-0.25, -0.2) is 0 Å². The lowest BCUT2D eigenvalue weighted by Crippen LogP contribution is -2.39. The number of sulfonamides is 1. The molecule has 0 unspecified atom stereocenters. The Morgan fingerprint density at radius 2 is 1.67 bits per heavy atom. The van der Waals surface area contributed by atoms with Gasteiger partial charge in [0.15, 0.2) is 0 Å². The van der Waals surface area contributed by atoms with E-state index in [4.69, 9.17) is 4.74 Å². The van der Waals surface area contributed by atoms with Gasteiger partial charge in [0.25, 0.3) is 10.0 Å². The summed E-state index contributed by atoms with van der Waals surface area (Å²) in [7, 11) is -3.75. The van der Waals surface area contributed by atoms with Crippen molar-refractivity contribution in [2.75, 3.05) is 26.3 Å². The van der Waals surface area contributed by atoms with Crippen molar-refractivity contribution in [1.29, 1.82) is 0 Å². The van der Waals surface area contributed by atoms with Crippen LogP contribution in [0, 0.1) is 11.2 Å². The Bertz CT molecular complexity index is 651. The van der Waals surface area contributed by atoms with E-state index < -0.39 is 21.8 Å². The molecule has 1 fully saturated rings. The van der Waals surface area contributed by atoms with Gasteiger partial charge in [0.2, 0.25) is 0 Å². The summed E-state index contributed by atoms with van der Waals surface area (Å²) >= 11 is 0. The van der Waals surface area contributed by atoms with E-state index in [0.29, 0.717) is 13.2 Å². The lowest BCUT2D eigenvalue weighted by molar-refractivity contribution is -0.137. The van der Waals surface area contributed by atoms with E-state index in [1.54, 1.807) is 0 Å². The van der Waals surface area contributed by atoms with Gasteiger partial charge in [-0.05, 0) is 30.2 Å².